The second-order valence-electron chi connectivity index (χ2n) is 6.84. The van der Waals surface area contributed by atoms with Gasteiger partial charge in [0.05, 0.1) is 11.7 Å². The van der Waals surface area contributed by atoms with Gasteiger partial charge in [-0.1, -0.05) is 0 Å². The predicted octanol–water partition coefficient (Wildman–Crippen LogP) is 1.50. The van der Waals surface area contributed by atoms with Crippen LogP contribution in [0.15, 0.2) is 11.0 Å². The quantitative estimate of drug-likeness (QED) is 0.888. The van der Waals surface area contributed by atoms with Crippen molar-refractivity contribution < 1.29 is 9.84 Å². The second-order valence-corrected chi connectivity index (χ2v) is 6.84. The molecular weight excluding hydrogens is 280 g/mol. The van der Waals surface area contributed by atoms with Crippen molar-refractivity contribution >= 4 is 0 Å². The Morgan fingerprint density at radius 3 is 2.95 bits per heavy atom. The van der Waals surface area contributed by atoms with E-state index in [9.17, 15) is 9.90 Å². The highest BCUT2D eigenvalue weighted by molar-refractivity contribution is 5.24. The first-order valence-electron chi connectivity index (χ1n) is 8.12. The van der Waals surface area contributed by atoms with Crippen LogP contribution >= 0.6 is 0 Å². The topological polar surface area (TPSA) is 65.6 Å². The minimum Gasteiger partial charge on any atom is -0.393 e. The van der Waals surface area contributed by atoms with Crippen LogP contribution in [0.1, 0.15) is 42.5 Å². The highest BCUT2D eigenvalue weighted by Crippen LogP contribution is 2.42. The number of nitrogens with one attached hydrogen (secondary N) is 1. The van der Waals surface area contributed by atoms with E-state index in [4.69, 9.17) is 4.74 Å². The second kappa shape index (κ2) is 5.80. The van der Waals surface area contributed by atoms with Crippen molar-refractivity contribution in [2.24, 2.45) is 0 Å². The number of fused-ring (bicyclic) bond motifs is 1. The van der Waals surface area contributed by atoms with Gasteiger partial charge in [0.1, 0.15) is 0 Å². The fourth-order valence-corrected chi connectivity index (χ4v) is 4.13. The molecule has 0 bridgehead atoms. The number of hydrogen-bond acceptors (Lipinski definition) is 4. The Morgan fingerprint density at radius 1 is 1.45 bits per heavy atom. The van der Waals surface area contributed by atoms with Gasteiger partial charge >= 0.3 is 0 Å². The van der Waals surface area contributed by atoms with Crippen LogP contribution in [0.5, 0.6) is 0 Å². The lowest BCUT2D eigenvalue weighted by Gasteiger charge is -2.42. The minimum atomic E-state index is -0.243. The standard InChI is InChI=1S/C17H26N2O3/c1-11-9-18-14(12(2)16(11)21)10-19-7-6-17(22-3)5-4-13(20)8-15(17)19/h9,13,15,20H,4-8,10H2,1-3H3,(H,18,21)/t13-,15+,17-/m1/s1. The zero-order valence-corrected chi connectivity index (χ0v) is 13.7. The van der Waals surface area contributed by atoms with Gasteiger partial charge in [-0.25, -0.2) is 0 Å². The van der Waals surface area contributed by atoms with E-state index in [-0.39, 0.29) is 23.2 Å². The van der Waals surface area contributed by atoms with Gasteiger partial charge in [-0.15, -0.1) is 0 Å². The number of H-pyrrole nitrogens is 1. The molecule has 3 atom stereocenters. The molecule has 1 aromatic heterocycles. The van der Waals surface area contributed by atoms with E-state index in [2.05, 4.69) is 9.88 Å². The summed E-state index contributed by atoms with van der Waals surface area (Å²) in [6, 6.07) is 0.227. The lowest BCUT2D eigenvalue weighted by molar-refractivity contribution is -0.0880. The summed E-state index contributed by atoms with van der Waals surface area (Å²) in [5.41, 5.74) is 2.52. The number of aliphatic hydroxyl groups excluding tert-OH is 1. The zero-order valence-electron chi connectivity index (χ0n) is 13.7. The molecule has 1 saturated heterocycles. The average Bonchev–Trinajstić information content (AvgIpc) is 2.87. The third-order valence-electron chi connectivity index (χ3n) is 5.65. The molecule has 0 amide bonds. The van der Waals surface area contributed by atoms with Crippen molar-refractivity contribution in [3.8, 4) is 0 Å². The molecular formula is C17H26N2O3. The first-order valence-corrected chi connectivity index (χ1v) is 8.12. The van der Waals surface area contributed by atoms with Crippen LogP contribution in [-0.4, -0.2) is 46.4 Å². The summed E-state index contributed by atoms with van der Waals surface area (Å²) in [5, 5.41) is 10.0. The lowest BCUT2D eigenvalue weighted by atomic mass is 9.79. The van der Waals surface area contributed by atoms with Crippen LogP contribution in [-0.2, 0) is 11.3 Å². The van der Waals surface area contributed by atoms with E-state index in [1.165, 1.54) is 0 Å². The Kier molecular flexibility index (Phi) is 4.14. The molecule has 0 aromatic carbocycles. The summed E-state index contributed by atoms with van der Waals surface area (Å²) in [6.07, 6.45) is 5.03. The maximum absolute atomic E-state index is 12.1. The van der Waals surface area contributed by atoms with E-state index in [1.807, 2.05) is 13.8 Å². The van der Waals surface area contributed by atoms with Crippen LogP contribution in [0, 0.1) is 13.8 Å². The normalized spacial score (nSPS) is 32.2. The van der Waals surface area contributed by atoms with Crippen molar-refractivity contribution in [1.29, 1.82) is 0 Å². The molecule has 2 N–H and O–H groups in total. The van der Waals surface area contributed by atoms with E-state index >= 15 is 0 Å². The van der Waals surface area contributed by atoms with Crippen molar-refractivity contribution in [1.82, 2.24) is 9.88 Å². The monoisotopic (exact) mass is 306 g/mol. The molecule has 1 aliphatic carbocycles. The SMILES string of the molecule is CO[C@@]12CC[C@@H](O)C[C@@H]1N(Cc1[nH]cc(C)c(=O)c1C)CC2. The first kappa shape index (κ1) is 15.7. The molecule has 2 fully saturated rings. The van der Waals surface area contributed by atoms with E-state index < -0.39 is 0 Å². The van der Waals surface area contributed by atoms with Gasteiger partial charge in [-0.2, -0.15) is 0 Å². The molecule has 5 heteroatoms. The molecule has 1 aromatic rings. The number of aliphatic hydroxyl groups is 1. The van der Waals surface area contributed by atoms with E-state index in [0.717, 1.165) is 49.0 Å². The van der Waals surface area contributed by atoms with Crippen molar-refractivity contribution in [3.63, 3.8) is 0 Å². The molecule has 22 heavy (non-hydrogen) atoms. The molecule has 2 aliphatic rings. The van der Waals surface area contributed by atoms with Crippen molar-refractivity contribution in [2.75, 3.05) is 13.7 Å². The molecule has 1 aliphatic heterocycles. The Hall–Kier alpha value is -1.17. The van der Waals surface area contributed by atoms with Crippen LogP contribution < -0.4 is 5.43 Å². The van der Waals surface area contributed by atoms with Crippen LogP contribution in [0.2, 0.25) is 0 Å². The molecule has 3 rings (SSSR count). The van der Waals surface area contributed by atoms with Crippen molar-refractivity contribution in [3.05, 3.63) is 33.2 Å². The minimum absolute atomic E-state index is 0.120. The van der Waals surface area contributed by atoms with E-state index in [0.29, 0.717) is 6.54 Å². The number of likely N-dealkylation sites (tertiary alicyclic amines) is 1. The number of nitrogens with zero attached hydrogens (tertiary/aromatic N) is 1. The lowest BCUT2D eigenvalue weighted by Crippen LogP contribution is -2.51. The fraction of sp³-hybridized carbons (Fsp3) is 0.706. The van der Waals surface area contributed by atoms with Crippen molar-refractivity contribution in [2.45, 2.75) is 63.8 Å². The highest BCUT2D eigenvalue weighted by atomic mass is 16.5. The highest BCUT2D eigenvalue weighted by Gasteiger charge is 2.50. The Morgan fingerprint density at radius 2 is 2.23 bits per heavy atom. The maximum atomic E-state index is 12.1. The number of hydrogen-bond donors (Lipinski definition) is 2. The first-order chi connectivity index (χ1) is 10.5. The smallest absolute Gasteiger partial charge is 0.187 e. The summed E-state index contributed by atoms with van der Waals surface area (Å²) in [7, 11) is 1.78. The number of aryl methyl sites for hydroxylation is 1. The summed E-state index contributed by atoms with van der Waals surface area (Å²) in [4.78, 5) is 17.7. The Labute approximate surface area is 131 Å². The third-order valence-corrected chi connectivity index (χ3v) is 5.65. The maximum Gasteiger partial charge on any atom is 0.187 e. The molecule has 0 unspecified atom stereocenters. The number of methoxy groups -OCH3 is 1. The zero-order chi connectivity index (χ0) is 15.9. The molecule has 1 saturated carbocycles. The molecule has 0 radical (unpaired) electrons. The van der Waals surface area contributed by atoms with Gasteiger partial charge in [0, 0.05) is 49.3 Å². The molecule has 5 nitrogen and oxygen atoms in total. The summed E-state index contributed by atoms with van der Waals surface area (Å²) in [5.74, 6) is 0. The van der Waals surface area contributed by atoms with Crippen LogP contribution in [0.25, 0.3) is 0 Å². The van der Waals surface area contributed by atoms with Crippen LogP contribution in [0.4, 0.5) is 0 Å². The number of aromatic amines is 1. The molecule has 2 heterocycles. The molecule has 122 valence electrons. The van der Waals surface area contributed by atoms with Gasteiger partial charge in [0.15, 0.2) is 5.43 Å². The third kappa shape index (κ3) is 2.51. The summed E-state index contributed by atoms with van der Waals surface area (Å²) < 4.78 is 5.87. The van der Waals surface area contributed by atoms with Gasteiger partial charge in [-0.3, -0.25) is 9.69 Å². The number of ether oxygens (including phenoxy) is 1. The Balaban J connectivity index is 1.84. The van der Waals surface area contributed by atoms with Gasteiger partial charge in [-0.05, 0) is 39.5 Å². The summed E-state index contributed by atoms with van der Waals surface area (Å²) >= 11 is 0. The van der Waals surface area contributed by atoms with Gasteiger partial charge < -0.3 is 14.8 Å². The van der Waals surface area contributed by atoms with E-state index in [1.54, 1.807) is 13.3 Å². The van der Waals surface area contributed by atoms with Crippen LogP contribution in [0.3, 0.4) is 0 Å². The number of pyridine rings is 1. The average molecular weight is 306 g/mol. The summed E-state index contributed by atoms with van der Waals surface area (Å²) in [6.45, 7) is 5.37. The number of rotatable bonds is 3. The van der Waals surface area contributed by atoms with Gasteiger partial charge in [0.2, 0.25) is 0 Å². The number of aromatic nitrogens is 1. The molecule has 0 spiro atoms. The van der Waals surface area contributed by atoms with Gasteiger partial charge in [0.25, 0.3) is 0 Å². The largest absolute Gasteiger partial charge is 0.393 e. The fourth-order valence-electron chi connectivity index (χ4n) is 4.13. The Bertz CT molecular complexity index is 612. The predicted molar refractivity (Wildman–Crippen MR) is 84.9 cm³/mol.